The summed E-state index contributed by atoms with van der Waals surface area (Å²) in [6.07, 6.45) is 1.69. The number of ether oxygens (including phenoxy) is 2. The Morgan fingerprint density at radius 1 is 1.14 bits per heavy atom. The van der Waals surface area contributed by atoms with Crippen molar-refractivity contribution in [2.24, 2.45) is 5.41 Å². The van der Waals surface area contributed by atoms with Gasteiger partial charge in [0.05, 0.1) is 23.2 Å². The van der Waals surface area contributed by atoms with Crippen molar-refractivity contribution in [1.29, 1.82) is 0 Å². The van der Waals surface area contributed by atoms with Crippen molar-refractivity contribution in [3.05, 3.63) is 0 Å². The topological polar surface area (TPSA) is 50.8 Å². The van der Waals surface area contributed by atoms with Crippen LogP contribution in [0.25, 0.3) is 0 Å². The summed E-state index contributed by atoms with van der Waals surface area (Å²) in [5, 5.41) is 3.34. The molecular weight excluding hydrogens is 268 g/mol. The van der Waals surface area contributed by atoms with Crippen molar-refractivity contribution in [1.82, 2.24) is 10.2 Å². The number of morpholine rings is 1. The highest BCUT2D eigenvalue weighted by Gasteiger charge is 2.47. The van der Waals surface area contributed by atoms with E-state index in [1.165, 1.54) is 0 Å². The third kappa shape index (κ3) is 3.76. The molecule has 2 heterocycles. The van der Waals surface area contributed by atoms with Gasteiger partial charge in [-0.05, 0) is 53.6 Å². The van der Waals surface area contributed by atoms with Gasteiger partial charge in [0.2, 0.25) is 5.91 Å². The van der Waals surface area contributed by atoms with E-state index in [0.29, 0.717) is 19.7 Å². The van der Waals surface area contributed by atoms with Crippen LogP contribution >= 0.6 is 0 Å². The molecule has 0 spiro atoms. The van der Waals surface area contributed by atoms with Gasteiger partial charge in [-0.2, -0.15) is 0 Å². The van der Waals surface area contributed by atoms with Crippen LogP contribution in [-0.4, -0.2) is 61.9 Å². The summed E-state index contributed by atoms with van der Waals surface area (Å²) in [6, 6.07) is 0. The van der Waals surface area contributed by atoms with E-state index in [-0.39, 0.29) is 22.5 Å². The molecule has 122 valence electrons. The van der Waals surface area contributed by atoms with E-state index in [2.05, 4.69) is 33.0 Å². The molecule has 5 heteroatoms. The molecule has 0 unspecified atom stereocenters. The maximum absolute atomic E-state index is 13.2. The first-order valence-corrected chi connectivity index (χ1v) is 7.89. The van der Waals surface area contributed by atoms with E-state index in [1.54, 1.807) is 7.11 Å². The van der Waals surface area contributed by atoms with Crippen LogP contribution in [0.3, 0.4) is 0 Å². The van der Waals surface area contributed by atoms with Crippen LogP contribution in [0.1, 0.15) is 40.5 Å². The van der Waals surface area contributed by atoms with Gasteiger partial charge in [-0.1, -0.05) is 0 Å². The highest BCUT2D eigenvalue weighted by atomic mass is 16.5. The number of rotatable bonds is 3. The quantitative estimate of drug-likeness (QED) is 0.856. The lowest BCUT2D eigenvalue weighted by atomic mass is 9.77. The van der Waals surface area contributed by atoms with Gasteiger partial charge in [0.25, 0.3) is 0 Å². The Balaban J connectivity index is 2.20. The summed E-state index contributed by atoms with van der Waals surface area (Å²) in [5.74, 6) is 0.232. The summed E-state index contributed by atoms with van der Waals surface area (Å²) >= 11 is 0. The molecule has 1 amide bonds. The standard InChI is InChI=1S/C16H30N2O3/c1-14(2)10-18(11-15(3,4)21-14)13(19)16(12-20-5)6-8-17-9-7-16/h17H,6-12H2,1-5H3. The maximum atomic E-state index is 13.2. The van der Waals surface area contributed by atoms with E-state index in [4.69, 9.17) is 9.47 Å². The number of methoxy groups -OCH3 is 1. The van der Waals surface area contributed by atoms with E-state index < -0.39 is 0 Å². The van der Waals surface area contributed by atoms with Crippen LogP contribution in [0.15, 0.2) is 0 Å². The molecule has 21 heavy (non-hydrogen) atoms. The molecule has 2 rings (SSSR count). The average Bonchev–Trinajstić information content (AvgIpc) is 2.35. The molecule has 0 atom stereocenters. The normalized spacial score (nSPS) is 27.4. The highest BCUT2D eigenvalue weighted by molar-refractivity contribution is 5.83. The number of nitrogens with one attached hydrogen (secondary N) is 1. The zero-order chi connectivity index (χ0) is 15.7. The van der Waals surface area contributed by atoms with Gasteiger partial charge >= 0.3 is 0 Å². The molecule has 2 aliphatic rings. The zero-order valence-electron chi connectivity index (χ0n) is 14.1. The van der Waals surface area contributed by atoms with E-state index in [0.717, 1.165) is 25.9 Å². The summed E-state index contributed by atoms with van der Waals surface area (Å²) in [7, 11) is 1.68. The minimum atomic E-state index is -0.372. The minimum absolute atomic E-state index is 0.232. The smallest absolute Gasteiger partial charge is 0.231 e. The molecule has 2 fully saturated rings. The second-order valence-corrected chi connectivity index (χ2v) is 7.75. The molecular formula is C16H30N2O3. The van der Waals surface area contributed by atoms with Crippen molar-refractivity contribution in [3.63, 3.8) is 0 Å². The lowest BCUT2D eigenvalue weighted by molar-refractivity contribution is -0.195. The first-order valence-electron chi connectivity index (χ1n) is 7.89. The van der Waals surface area contributed by atoms with Crippen LogP contribution in [0.4, 0.5) is 0 Å². The Bertz CT molecular complexity index is 365. The Labute approximate surface area is 128 Å². The molecule has 0 bridgehead atoms. The van der Waals surface area contributed by atoms with Gasteiger partial charge in [0.1, 0.15) is 0 Å². The molecule has 2 saturated heterocycles. The van der Waals surface area contributed by atoms with Gasteiger partial charge in [-0.25, -0.2) is 0 Å². The van der Waals surface area contributed by atoms with Gasteiger partial charge < -0.3 is 19.7 Å². The number of piperidine rings is 1. The number of carbonyl (C=O) groups excluding carboxylic acids is 1. The van der Waals surface area contributed by atoms with Gasteiger partial charge in [0, 0.05) is 20.2 Å². The Hall–Kier alpha value is -0.650. The molecule has 0 saturated carbocycles. The van der Waals surface area contributed by atoms with Crippen molar-refractivity contribution in [2.45, 2.75) is 51.7 Å². The lowest BCUT2D eigenvalue weighted by Gasteiger charge is -2.50. The lowest BCUT2D eigenvalue weighted by Crippen LogP contribution is -2.62. The fourth-order valence-corrected chi connectivity index (χ4v) is 3.87. The van der Waals surface area contributed by atoms with Crippen LogP contribution in [0.5, 0.6) is 0 Å². The Morgan fingerprint density at radius 3 is 2.14 bits per heavy atom. The van der Waals surface area contributed by atoms with Gasteiger partial charge in [-0.15, -0.1) is 0 Å². The summed E-state index contributed by atoms with van der Waals surface area (Å²) in [6.45, 7) is 11.8. The number of nitrogens with zero attached hydrogens (tertiary/aromatic N) is 1. The van der Waals surface area contributed by atoms with Crippen LogP contribution in [-0.2, 0) is 14.3 Å². The summed E-state index contributed by atoms with van der Waals surface area (Å²) < 4.78 is 11.5. The second kappa shape index (κ2) is 5.86. The molecule has 2 aliphatic heterocycles. The van der Waals surface area contributed by atoms with Crippen molar-refractivity contribution in [2.75, 3.05) is 39.9 Å². The zero-order valence-corrected chi connectivity index (χ0v) is 14.1. The van der Waals surface area contributed by atoms with E-state index >= 15 is 0 Å². The maximum Gasteiger partial charge on any atom is 0.231 e. The molecule has 0 aromatic heterocycles. The number of hydrogen-bond acceptors (Lipinski definition) is 4. The third-order valence-corrected chi connectivity index (χ3v) is 4.42. The molecule has 1 N–H and O–H groups in total. The van der Waals surface area contributed by atoms with E-state index in [1.807, 2.05) is 4.90 Å². The SMILES string of the molecule is COCC1(C(=O)N2CC(C)(C)OC(C)(C)C2)CCNCC1. The highest BCUT2D eigenvalue weighted by Crippen LogP contribution is 2.35. The number of carbonyl (C=O) groups is 1. The Kier molecular flexibility index (Phi) is 4.66. The number of amides is 1. The van der Waals surface area contributed by atoms with Gasteiger partial charge in [0.15, 0.2) is 0 Å². The summed E-state index contributed by atoms with van der Waals surface area (Å²) in [5.41, 5.74) is -0.985. The first kappa shape index (κ1) is 16.7. The van der Waals surface area contributed by atoms with Gasteiger partial charge in [-0.3, -0.25) is 4.79 Å². The van der Waals surface area contributed by atoms with Crippen LogP contribution < -0.4 is 5.32 Å². The van der Waals surface area contributed by atoms with Crippen molar-refractivity contribution >= 4 is 5.91 Å². The molecule has 0 aromatic carbocycles. The fraction of sp³-hybridized carbons (Fsp3) is 0.938. The molecule has 0 aliphatic carbocycles. The van der Waals surface area contributed by atoms with Crippen LogP contribution in [0.2, 0.25) is 0 Å². The fourth-order valence-electron chi connectivity index (χ4n) is 3.87. The monoisotopic (exact) mass is 298 g/mol. The third-order valence-electron chi connectivity index (χ3n) is 4.42. The van der Waals surface area contributed by atoms with Crippen molar-refractivity contribution < 1.29 is 14.3 Å². The minimum Gasteiger partial charge on any atom is -0.384 e. The first-order chi connectivity index (χ1) is 9.70. The predicted molar refractivity (Wildman–Crippen MR) is 82.2 cm³/mol. The van der Waals surface area contributed by atoms with Crippen molar-refractivity contribution in [3.8, 4) is 0 Å². The predicted octanol–water partition coefficient (Wildman–Crippen LogP) is 1.42. The largest absolute Gasteiger partial charge is 0.384 e. The molecule has 0 aromatic rings. The van der Waals surface area contributed by atoms with Crippen LogP contribution in [0, 0.1) is 5.41 Å². The Morgan fingerprint density at radius 2 is 1.67 bits per heavy atom. The summed E-state index contributed by atoms with van der Waals surface area (Å²) in [4.78, 5) is 15.2. The molecule has 0 radical (unpaired) electrons. The number of hydrogen-bond donors (Lipinski definition) is 1. The molecule has 5 nitrogen and oxygen atoms in total. The average molecular weight is 298 g/mol. The van der Waals surface area contributed by atoms with E-state index in [9.17, 15) is 4.79 Å². The second-order valence-electron chi connectivity index (χ2n) is 7.75.